The number of hydrogen-bond donors (Lipinski definition) is 1. The first-order chi connectivity index (χ1) is 14.0. The second kappa shape index (κ2) is 7.87. The number of nitrogens with zero attached hydrogens (tertiary/aromatic N) is 1. The Morgan fingerprint density at radius 1 is 0.862 bits per heavy atom. The van der Waals surface area contributed by atoms with Gasteiger partial charge in [-0.3, -0.25) is 4.79 Å². The average Bonchev–Trinajstić information content (AvgIpc) is 2.72. The van der Waals surface area contributed by atoms with Crippen LogP contribution in [0, 0.1) is 17.6 Å². The molecule has 1 aliphatic rings. The van der Waals surface area contributed by atoms with E-state index in [1.165, 1.54) is 24.3 Å². The summed E-state index contributed by atoms with van der Waals surface area (Å²) in [5, 5.41) is 9.59. The van der Waals surface area contributed by atoms with Crippen molar-refractivity contribution in [1.29, 1.82) is 0 Å². The normalized spacial score (nSPS) is 18.8. The number of amides is 1. The number of phenols is 1. The van der Waals surface area contributed by atoms with E-state index < -0.39 is 0 Å². The van der Waals surface area contributed by atoms with Crippen molar-refractivity contribution < 1.29 is 18.7 Å². The van der Waals surface area contributed by atoms with E-state index in [-0.39, 0.29) is 35.3 Å². The van der Waals surface area contributed by atoms with Gasteiger partial charge in [0.1, 0.15) is 17.4 Å². The molecular formula is C24H19F2NO2. The molecule has 146 valence electrons. The lowest BCUT2D eigenvalue weighted by molar-refractivity contribution is -0.130. The Kier molecular flexibility index (Phi) is 5.12. The fourth-order valence-electron chi connectivity index (χ4n) is 3.65. The molecule has 3 nitrogen and oxygen atoms in total. The number of anilines is 1. The number of β-lactam (4-membered cyclic amide) rings is 1. The van der Waals surface area contributed by atoms with Gasteiger partial charge < -0.3 is 10.0 Å². The third-order valence-electron chi connectivity index (χ3n) is 5.12. The summed E-state index contributed by atoms with van der Waals surface area (Å²) in [5.74, 6) is -0.819. The van der Waals surface area contributed by atoms with Crippen LogP contribution >= 0.6 is 0 Å². The number of hydrogen-bond acceptors (Lipinski definition) is 2. The first kappa shape index (κ1) is 18.9. The summed E-state index contributed by atoms with van der Waals surface area (Å²) < 4.78 is 26.3. The monoisotopic (exact) mass is 391 g/mol. The molecule has 5 heteroatoms. The highest BCUT2D eigenvalue weighted by molar-refractivity contribution is 6.03. The molecule has 1 N–H and O–H groups in total. The first-order valence-corrected chi connectivity index (χ1v) is 9.32. The van der Waals surface area contributed by atoms with Crippen LogP contribution in [0.15, 0.2) is 78.9 Å². The molecule has 1 fully saturated rings. The van der Waals surface area contributed by atoms with Gasteiger partial charge in [-0.25, -0.2) is 8.78 Å². The molecule has 2 atom stereocenters. The summed E-state index contributed by atoms with van der Waals surface area (Å²) in [4.78, 5) is 14.5. The Morgan fingerprint density at radius 2 is 1.45 bits per heavy atom. The van der Waals surface area contributed by atoms with Crippen LogP contribution in [0.3, 0.4) is 0 Å². The van der Waals surface area contributed by atoms with Crippen molar-refractivity contribution in [2.24, 2.45) is 5.92 Å². The van der Waals surface area contributed by atoms with Gasteiger partial charge in [-0.05, 0) is 66.1 Å². The van der Waals surface area contributed by atoms with Gasteiger partial charge in [-0.2, -0.15) is 0 Å². The topological polar surface area (TPSA) is 40.5 Å². The standard InChI is InChI=1S/C24H19F2NO2/c25-18-8-4-16(5-9-18)2-1-3-22-23(17-6-14-21(28)15-7-17)27(24(22)29)20-12-10-19(26)11-13-20/h1-2,4-15,22-23,28H,3H2/b2-1-/t22-,23-/m1/s1. The van der Waals surface area contributed by atoms with Gasteiger partial charge in [-0.15, -0.1) is 0 Å². The van der Waals surface area contributed by atoms with E-state index in [4.69, 9.17) is 0 Å². The van der Waals surface area contributed by atoms with Gasteiger partial charge in [0.15, 0.2) is 0 Å². The van der Waals surface area contributed by atoms with Crippen molar-refractivity contribution in [2.45, 2.75) is 12.5 Å². The lowest BCUT2D eigenvalue weighted by Gasteiger charge is -2.47. The molecule has 3 aromatic carbocycles. The summed E-state index contributed by atoms with van der Waals surface area (Å²) >= 11 is 0. The third-order valence-corrected chi connectivity index (χ3v) is 5.12. The third kappa shape index (κ3) is 3.90. The molecule has 0 spiro atoms. The van der Waals surface area contributed by atoms with Gasteiger partial charge in [0.25, 0.3) is 0 Å². The van der Waals surface area contributed by atoms with Crippen LogP contribution in [0.1, 0.15) is 23.6 Å². The second-order valence-corrected chi connectivity index (χ2v) is 7.02. The maximum Gasteiger partial charge on any atom is 0.233 e. The van der Waals surface area contributed by atoms with Crippen molar-refractivity contribution in [3.63, 3.8) is 0 Å². The number of rotatable bonds is 5. The number of phenolic OH excluding ortho intramolecular Hbond substituents is 1. The van der Waals surface area contributed by atoms with Crippen LogP contribution in [0.4, 0.5) is 14.5 Å². The molecular weight excluding hydrogens is 372 g/mol. The zero-order valence-corrected chi connectivity index (χ0v) is 15.5. The predicted octanol–water partition coefficient (Wildman–Crippen LogP) is 5.48. The maximum atomic E-state index is 13.3. The molecule has 1 aliphatic heterocycles. The summed E-state index contributed by atoms with van der Waals surface area (Å²) in [5.41, 5.74) is 2.38. The van der Waals surface area contributed by atoms with Crippen LogP contribution in [0.25, 0.3) is 6.08 Å². The average molecular weight is 391 g/mol. The smallest absolute Gasteiger partial charge is 0.233 e. The lowest BCUT2D eigenvalue weighted by Crippen LogP contribution is -2.55. The highest BCUT2D eigenvalue weighted by atomic mass is 19.1. The van der Waals surface area contributed by atoms with E-state index in [0.29, 0.717) is 12.1 Å². The van der Waals surface area contributed by atoms with Crippen LogP contribution in [0.5, 0.6) is 5.75 Å². The molecule has 1 amide bonds. The van der Waals surface area contributed by atoms with Crippen molar-refractivity contribution >= 4 is 17.7 Å². The molecule has 29 heavy (non-hydrogen) atoms. The van der Waals surface area contributed by atoms with E-state index in [2.05, 4.69) is 0 Å². The Hall–Kier alpha value is -3.47. The molecule has 0 aliphatic carbocycles. The van der Waals surface area contributed by atoms with E-state index in [9.17, 15) is 18.7 Å². The van der Waals surface area contributed by atoms with Crippen molar-refractivity contribution in [3.05, 3.63) is 102 Å². The van der Waals surface area contributed by atoms with Gasteiger partial charge >= 0.3 is 0 Å². The molecule has 3 aromatic rings. The van der Waals surface area contributed by atoms with Gasteiger partial charge in [-0.1, -0.05) is 36.4 Å². The highest BCUT2D eigenvalue weighted by Crippen LogP contribution is 2.45. The largest absolute Gasteiger partial charge is 0.508 e. The number of halogens is 2. The molecule has 4 rings (SSSR count). The number of carbonyl (C=O) groups is 1. The first-order valence-electron chi connectivity index (χ1n) is 9.32. The summed E-state index contributed by atoms with van der Waals surface area (Å²) in [6, 6.07) is 18.5. The fourth-order valence-corrected chi connectivity index (χ4v) is 3.65. The summed E-state index contributed by atoms with van der Waals surface area (Å²) in [7, 11) is 0. The predicted molar refractivity (Wildman–Crippen MR) is 108 cm³/mol. The number of allylic oxidation sites excluding steroid dienone is 1. The second-order valence-electron chi connectivity index (χ2n) is 7.02. The minimum atomic E-state index is -0.360. The number of benzene rings is 3. The Labute approximate surface area is 167 Å². The fraction of sp³-hybridized carbons (Fsp3) is 0.125. The molecule has 1 saturated heterocycles. The van der Waals surface area contributed by atoms with Crippen molar-refractivity contribution in [2.75, 3.05) is 4.90 Å². The Balaban J connectivity index is 1.58. The molecule has 1 heterocycles. The minimum absolute atomic E-state index is 0.0431. The molecule has 0 unspecified atom stereocenters. The lowest BCUT2D eigenvalue weighted by atomic mass is 9.79. The molecule has 0 saturated carbocycles. The van der Waals surface area contributed by atoms with Crippen LogP contribution < -0.4 is 4.90 Å². The van der Waals surface area contributed by atoms with E-state index in [0.717, 1.165) is 11.1 Å². The minimum Gasteiger partial charge on any atom is -0.508 e. The zero-order chi connectivity index (χ0) is 20.4. The van der Waals surface area contributed by atoms with Gasteiger partial charge in [0, 0.05) is 5.69 Å². The number of carbonyl (C=O) groups excluding carboxylic acids is 1. The molecule has 0 aromatic heterocycles. The number of aromatic hydroxyl groups is 1. The SMILES string of the molecule is O=C1[C@H](C/C=C\c2ccc(F)cc2)[C@@H](c2ccc(O)cc2)N1c1ccc(F)cc1. The zero-order valence-electron chi connectivity index (χ0n) is 15.5. The van der Waals surface area contributed by atoms with E-state index >= 15 is 0 Å². The quantitative estimate of drug-likeness (QED) is 0.585. The van der Waals surface area contributed by atoms with E-state index in [1.54, 1.807) is 53.4 Å². The molecule has 0 bridgehead atoms. The maximum absolute atomic E-state index is 13.3. The summed E-state index contributed by atoms with van der Waals surface area (Å²) in [6.07, 6.45) is 4.28. The van der Waals surface area contributed by atoms with Crippen LogP contribution in [-0.2, 0) is 4.79 Å². The molecule has 0 radical (unpaired) electrons. The Morgan fingerprint density at radius 3 is 2.07 bits per heavy atom. The summed E-state index contributed by atoms with van der Waals surface area (Å²) in [6.45, 7) is 0. The van der Waals surface area contributed by atoms with E-state index in [1.807, 2.05) is 12.2 Å². The van der Waals surface area contributed by atoms with Gasteiger partial charge in [0.2, 0.25) is 5.91 Å². The van der Waals surface area contributed by atoms with Crippen LogP contribution in [0.2, 0.25) is 0 Å². The highest BCUT2D eigenvalue weighted by Gasteiger charge is 2.47. The van der Waals surface area contributed by atoms with Crippen LogP contribution in [-0.4, -0.2) is 11.0 Å². The van der Waals surface area contributed by atoms with Crippen molar-refractivity contribution in [3.8, 4) is 5.75 Å². The van der Waals surface area contributed by atoms with Gasteiger partial charge in [0.05, 0.1) is 12.0 Å². The Bertz CT molecular complexity index is 1030. The van der Waals surface area contributed by atoms with Crippen molar-refractivity contribution in [1.82, 2.24) is 0 Å².